The van der Waals surface area contributed by atoms with Crippen LogP contribution in [0.25, 0.3) is 0 Å². The van der Waals surface area contributed by atoms with E-state index in [1.165, 1.54) is 11.3 Å². The van der Waals surface area contributed by atoms with Crippen LogP contribution in [-0.4, -0.2) is 41.1 Å². The lowest BCUT2D eigenvalue weighted by Gasteiger charge is -2.36. The summed E-state index contributed by atoms with van der Waals surface area (Å²) in [6.45, 7) is 6.69. The van der Waals surface area contributed by atoms with E-state index in [2.05, 4.69) is 61.3 Å². The molecule has 0 atom stereocenters. The minimum Gasteiger partial charge on any atom is -0.368 e. The molecule has 1 saturated heterocycles. The molecular formula is C21H24N6. The maximum absolute atomic E-state index is 4.69. The van der Waals surface area contributed by atoms with Crippen molar-refractivity contribution in [3.63, 3.8) is 0 Å². The molecule has 1 aliphatic heterocycles. The van der Waals surface area contributed by atoms with Crippen LogP contribution in [0.15, 0.2) is 61.1 Å². The van der Waals surface area contributed by atoms with Gasteiger partial charge >= 0.3 is 0 Å². The van der Waals surface area contributed by atoms with E-state index < -0.39 is 0 Å². The van der Waals surface area contributed by atoms with E-state index >= 15 is 0 Å². The zero-order chi connectivity index (χ0) is 18.5. The number of aryl methyl sites for hydroxylation is 1. The Bertz CT molecular complexity index is 875. The fraction of sp³-hybridized carbons (Fsp3) is 0.286. The van der Waals surface area contributed by atoms with Crippen molar-refractivity contribution in [2.45, 2.75) is 13.5 Å². The Morgan fingerprint density at radius 2 is 1.81 bits per heavy atom. The van der Waals surface area contributed by atoms with Crippen LogP contribution in [-0.2, 0) is 6.54 Å². The highest BCUT2D eigenvalue weighted by atomic mass is 15.3. The van der Waals surface area contributed by atoms with Gasteiger partial charge in [0.25, 0.3) is 0 Å². The predicted octanol–water partition coefficient (Wildman–Crippen LogP) is 3.12. The molecule has 1 fully saturated rings. The molecule has 6 nitrogen and oxygen atoms in total. The SMILES string of the molecule is Cc1cccc(N2CCN(c3ccnc(NCc4cccnc4)n3)CC2)c1. The molecule has 6 heteroatoms. The number of anilines is 3. The van der Waals surface area contributed by atoms with Crippen molar-refractivity contribution in [2.75, 3.05) is 41.3 Å². The van der Waals surface area contributed by atoms with Crippen molar-refractivity contribution in [1.29, 1.82) is 0 Å². The lowest BCUT2D eigenvalue weighted by Crippen LogP contribution is -2.46. The van der Waals surface area contributed by atoms with Crippen LogP contribution < -0.4 is 15.1 Å². The first kappa shape index (κ1) is 17.3. The first-order valence-electron chi connectivity index (χ1n) is 9.30. The second-order valence-corrected chi connectivity index (χ2v) is 6.77. The number of hydrogen-bond acceptors (Lipinski definition) is 6. The topological polar surface area (TPSA) is 57.2 Å². The Morgan fingerprint density at radius 3 is 2.59 bits per heavy atom. The first-order valence-corrected chi connectivity index (χ1v) is 9.30. The average molecular weight is 360 g/mol. The van der Waals surface area contributed by atoms with E-state index in [1.807, 2.05) is 30.6 Å². The minimum atomic E-state index is 0.650. The second-order valence-electron chi connectivity index (χ2n) is 6.77. The van der Waals surface area contributed by atoms with Crippen LogP contribution >= 0.6 is 0 Å². The van der Waals surface area contributed by atoms with Gasteiger partial charge in [-0.3, -0.25) is 4.98 Å². The molecule has 0 bridgehead atoms. The normalized spacial score (nSPS) is 14.3. The van der Waals surface area contributed by atoms with Gasteiger partial charge in [0.1, 0.15) is 5.82 Å². The molecule has 0 spiro atoms. The van der Waals surface area contributed by atoms with Crippen LogP contribution in [0.1, 0.15) is 11.1 Å². The van der Waals surface area contributed by atoms with Crippen LogP contribution in [0, 0.1) is 6.92 Å². The van der Waals surface area contributed by atoms with Gasteiger partial charge in [0, 0.05) is 57.0 Å². The quantitative estimate of drug-likeness (QED) is 0.754. The Balaban J connectivity index is 1.37. The van der Waals surface area contributed by atoms with Gasteiger partial charge in [-0.15, -0.1) is 0 Å². The summed E-state index contributed by atoms with van der Waals surface area (Å²) in [6, 6.07) is 14.7. The second kappa shape index (κ2) is 8.03. The number of nitrogens with zero attached hydrogens (tertiary/aromatic N) is 5. The van der Waals surface area contributed by atoms with E-state index in [0.29, 0.717) is 12.5 Å². The molecule has 0 amide bonds. The third kappa shape index (κ3) is 4.34. The summed E-state index contributed by atoms with van der Waals surface area (Å²) in [5.41, 5.74) is 3.71. The van der Waals surface area contributed by atoms with E-state index in [9.17, 15) is 0 Å². The summed E-state index contributed by atoms with van der Waals surface area (Å²) in [5.74, 6) is 1.63. The molecule has 27 heavy (non-hydrogen) atoms. The van der Waals surface area contributed by atoms with E-state index in [-0.39, 0.29) is 0 Å². The van der Waals surface area contributed by atoms with Gasteiger partial charge < -0.3 is 15.1 Å². The van der Waals surface area contributed by atoms with Crippen LogP contribution in [0.4, 0.5) is 17.5 Å². The zero-order valence-electron chi connectivity index (χ0n) is 15.5. The van der Waals surface area contributed by atoms with Gasteiger partial charge in [-0.05, 0) is 42.3 Å². The van der Waals surface area contributed by atoms with E-state index in [4.69, 9.17) is 0 Å². The molecule has 1 aromatic carbocycles. The molecule has 0 saturated carbocycles. The number of pyridine rings is 1. The molecule has 3 aromatic rings. The smallest absolute Gasteiger partial charge is 0.224 e. The monoisotopic (exact) mass is 360 g/mol. The van der Waals surface area contributed by atoms with Crippen LogP contribution in [0.2, 0.25) is 0 Å². The van der Waals surface area contributed by atoms with Crippen molar-refractivity contribution >= 4 is 17.5 Å². The summed E-state index contributed by atoms with van der Waals surface area (Å²) < 4.78 is 0. The predicted molar refractivity (Wildman–Crippen MR) is 109 cm³/mol. The molecule has 0 aliphatic carbocycles. The number of benzene rings is 1. The fourth-order valence-electron chi connectivity index (χ4n) is 3.31. The van der Waals surface area contributed by atoms with Gasteiger partial charge in [0.15, 0.2) is 0 Å². The van der Waals surface area contributed by atoms with Crippen molar-refractivity contribution in [3.05, 3.63) is 72.2 Å². The van der Waals surface area contributed by atoms with E-state index in [0.717, 1.165) is 37.6 Å². The van der Waals surface area contributed by atoms with Crippen molar-refractivity contribution in [2.24, 2.45) is 0 Å². The molecular weight excluding hydrogens is 336 g/mol. The highest BCUT2D eigenvalue weighted by Gasteiger charge is 2.18. The standard InChI is InChI=1S/C21H24N6/c1-17-4-2-6-19(14-17)26-10-12-27(13-11-26)20-7-9-23-21(25-20)24-16-18-5-3-8-22-15-18/h2-9,14-15H,10-13,16H2,1H3,(H,23,24,25). The maximum atomic E-state index is 4.69. The highest BCUT2D eigenvalue weighted by Crippen LogP contribution is 2.20. The van der Waals surface area contributed by atoms with Gasteiger partial charge in [-0.1, -0.05) is 18.2 Å². The molecule has 1 aliphatic rings. The number of aromatic nitrogens is 3. The van der Waals surface area contributed by atoms with Crippen molar-refractivity contribution in [1.82, 2.24) is 15.0 Å². The largest absolute Gasteiger partial charge is 0.368 e. The number of rotatable bonds is 5. The summed E-state index contributed by atoms with van der Waals surface area (Å²) in [6.07, 6.45) is 5.44. The first-order chi connectivity index (χ1) is 13.3. The lowest BCUT2D eigenvalue weighted by atomic mass is 10.2. The van der Waals surface area contributed by atoms with Gasteiger partial charge in [-0.2, -0.15) is 4.98 Å². The third-order valence-corrected chi connectivity index (χ3v) is 4.78. The number of hydrogen-bond donors (Lipinski definition) is 1. The molecule has 0 radical (unpaired) electrons. The Hall–Kier alpha value is -3.15. The molecule has 0 unspecified atom stereocenters. The molecule has 1 N–H and O–H groups in total. The van der Waals surface area contributed by atoms with Crippen molar-refractivity contribution < 1.29 is 0 Å². The summed E-state index contributed by atoms with van der Waals surface area (Å²) in [7, 11) is 0. The molecule has 3 heterocycles. The Labute approximate surface area is 159 Å². The zero-order valence-corrected chi connectivity index (χ0v) is 15.5. The molecule has 4 rings (SSSR count). The summed E-state index contributed by atoms with van der Waals surface area (Å²) in [5, 5.41) is 3.28. The van der Waals surface area contributed by atoms with Gasteiger partial charge in [-0.25, -0.2) is 4.98 Å². The Kier molecular flexibility index (Phi) is 5.14. The van der Waals surface area contributed by atoms with Crippen LogP contribution in [0.3, 0.4) is 0 Å². The summed E-state index contributed by atoms with van der Waals surface area (Å²) in [4.78, 5) is 17.9. The maximum Gasteiger partial charge on any atom is 0.224 e. The van der Waals surface area contributed by atoms with Crippen molar-refractivity contribution in [3.8, 4) is 0 Å². The van der Waals surface area contributed by atoms with Crippen LogP contribution in [0.5, 0.6) is 0 Å². The number of piperazine rings is 1. The van der Waals surface area contributed by atoms with Gasteiger partial charge in [0.05, 0.1) is 0 Å². The van der Waals surface area contributed by atoms with Gasteiger partial charge in [0.2, 0.25) is 5.95 Å². The fourth-order valence-corrected chi connectivity index (χ4v) is 3.31. The summed E-state index contributed by atoms with van der Waals surface area (Å²) >= 11 is 0. The Morgan fingerprint density at radius 1 is 0.963 bits per heavy atom. The third-order valence-electron chi connectivity index (χ3n) is 4.78. The molecule has 2 aromatic heterocycles. The van der Waals surface area contributed by atoms with E-state index in [1.54, 1.807) is 6.20 Å². The lowest BCUT2D eigenvalue weighted by molar-refractivity contribution is 0.647. The number of nitrogens with one attached hydrogen (secondary N) is 1. The average Bonchev–Trinajstić information content (AvgIpc) is 2.73. The molecule has 138 valence electrons. The minimum absolute atomic E-state index is 0.650. The highest BCUT2D eigenvalue weighted by molar-refractivity contribution is 5.51.